The lowest BCUT2D eigenvalue weighted by Gasteiger charge is -2.27. The molecule has 0 aliphatic carbocycles. The van der Waals surface area contributed by atoms with Crippen molar-refractivity contribution < 1.29 is 9.59 Å². The first kappa shape index (κ1) is 24.8. The van der Waals surface area contributed by atoms with E-state index in [1.54, 1.807) is 33.8 Å². The quantitative estimate of drug-likeness (QED) is 0.420. The Kier molecular flexibility index (Phi) is 8.16. The van der Waals surface area contributed by atoms with Crippen LogP contribution in [0.5, 0.6) is 0 Å². The van der Waals surface area contributed by atoms with E-state index < -0.39 is 0 Å². The average Bonchev–Trinajstić information content (AvgIpc) is 3.17. The van der Waals surface area contributed by atoms with Crippen molar-refractivity contribution in [2.75, 3.05) is 11.9 Å². The standard InChI is InChI=1S/C25H28Cl2N4O2/c1-16(2)12-25(33)30(17(3)4)15-24(32)28-23-14-22(18-8-6-5-7-9-18)29-31(23)19-10-11-20(26)21(27)13-19/h5-11,13-14,16-17H,12,15H2,1-4H3,(H,28,32). The summed E-state index contributed by atoms with van der Waals surface area (Å²) in [6.45, 7) is 7.73. The minimum atomic E-state index is -0.304. The first-order valence-corrected chi connectivity index (χ1v) is 11.6. The van der Waals surface area contributed by atoms with Crippen LogP contribution in [0.1, 0.15) is 34.1 Å². The highest BCUT2D eigenvalue weighted by Gasteiger charge is 2.22. The molecule has 1 N–H and O–H groups in total. The number of hydrogen-bond acceptors (Lipinski definition) is 3. The highest BCUT2D eigenvalue weighted by Crippen LogP contribution is 2.29. The molecule has 0 fully saturated rings. The molecule has 0 spiro atoms. The number of halogens is 2. The lowest BCUT2D eigenvalue weighted by Crippen LogP contribution is -2.42. The third-order valence-corrected chi connectivity index (χ3v) is 5.77. The van der Waals surface area contributed by atoms with E-state index in [0.717, 1.165) is 5.56 Å². The summed E-state index contributed by atoms with van der Waals surface area (Å²) in [6.07, 6.45) is 0.394. The Morgan fingerprint density at radius 3 is 2.30 bits per heavy atom. The van der Waals surface area contributed by atoms with Gasteiger partial charge in [-0.15, -0.1) is 0 Å². The molecule has 2 aromatic carbocycles. The van der Waals surface area contributed by atoms with Crippen LogP contribution in [0, 0.1) is 5.92 Å². The molecule has 33 heavy (non-hydrogen) atoms. The molecule has 1 aromatic heterocycles. The third-order valence-electron chi connectivity index (χ3n) is 5.03. The Labute approximate surface area is 204 Å². The molecule has 6 nitrogen and oxygen atoms in total. The summed E-state index contributed by atoms with van der Waals surface area (Å²) < 4.78 is 1.61. The normalized spacial score (nSPS) is 11.2. The highest BCUT2D eigenvalue weighted by molar-refractivity contribution is 6.42. The van der Waals surface area contributed by atoms with Crippen molar-refractivity contribution >= 4 is 40.8 Å². The molecule has 0 saturated carbocycles. The second kappa shape index (κ2) is 10.9. The van der Waals surface area contributed by atoms with Gasteiger partial charge in [0.15, 0.2) is 0 Å². The molecule has 0 unspecified atom stereocenters. The second-order valence-corrected chi connectivity index (χ2v) is 9.37. The van der Waals surface area contributed by atoms with Crippen molar-refractivity contribution in [1.82, 2.24) is 14.7 Å². The van der Waals surface area contributed by atoms with E-state index in [1.165, 1.54) is 0 Å². The van der Waals surface area contributed by atoms with E-state index >= 15 is 0 Å². The highest BCUT2D eigenvalue weighted by atomic mass is 35.5. The SMILES string of the molecule is CC(C)CC(=O)N(CC(=O)Nc1cc(-c2ccccc2)nn1-c1ccc(Cl)c(Cl)c1)C(C)C. The average molecular weight is 487 g/mol. The maximum atomic E-state index is 13.0. The predicted molar refractivity (Wildman–Crippen MR) is 134 cm³/mol. The van der Waals surface area contributed by atoms with E-state index in [9.17, 15) is 9.59 Å². The first-order chi connectivity index (χ1) is 15.7. The van der Waals surface area contributed by atoms with Crippen LogP contribution < -0.4 is 5.32 Å². The number of amides is 2. The van der Waals surface area contributed by atoms with Crippen molar-refractivity contribution in [3.8, 4) is 16.9 Å². The molecular weight excluding hydrogens is 459 g/mol. The monoisotopic (exact) mass is 486 g/mol. The van der Waals surface area contributed by atoms with Gasteiger partial charge in [0.25, 0.3) is 0 Å². The number of anilines is 1. The van der Waals surface area contributed by atoms with E-state index in [1.807, 2.05) is 58.0 Å². The van der Waals surface area contributed by atoms with E-state index in [0.29, 0.717) is 33.7 Å². The van der Waals surface area contributed by atoms with Crippen LogP contribution in [0.3, 0.4) is 0 Å². The topological polar surface area (TPSA) is 67.2 Å². The maximum Gasteiger partial charge on any atom is 0.245 e. The van der Waals surface area contributed by atoms with Crippen LogP contribution in [0.25, 0.3) is 16.9 Å². The molecule has 0 aliphatic rings. The van der Waals surface area contributed by atoms with Gasteiger partial charge in [-0.25, -0.2) is 4.68 Å². The van der Waals surface area contributed by atoms with Gasteiger partial charge in [0.05, 0.1) is 21.4 Å². The molecule has 0 atom stereocenters. The van der Waals surface area contributed by atoms with Gasteiger partial charge in [-0.3, -0.25) is 9.59 Å². The molecule has 3 rings (SSSR count). The van der Waals surface area contributed by atoms with Gasteiger partial charge in [-0.2, -0.15) is 5.10 Å². The Hall–Kier alpha value is -2.83. The number of aromatic nitrogens is 2. The molecule has 0 saturated heterocycles. The fourth-order valence-corrected chi connectivity index (χ4v) is 3.69. The molecule has 0 aliphatic heterocycles. The van der Waals surface area contributed by atoms with Crippen LogP contribution in [0.4, 0.5) is 5.82 Å². The third kappa shape index (κ3) is 6.36. The lowest BCUT2D eigenvalue weighted by atomic mass is 10.1. The summed E-state index contributed by atoms with van der Waals surface area (Å²) in [5.41, 5.74) is 2.25. The van der Waals surface area contributed by atoms with Crippen molar-refractivity contribution in [2.45, 2.75) is 40.2 Å². The minimum absolute atomic E-state index is 0.0434. The summed E-state index contributed by atoms with van der Waals surface area (Å²) in [5, 5.41) is 8.41. The largest absolute Gasteiger partial charge is 0.331 e. The van der Waals surface area contributed by atoms with Gasteiger partial charge in [-0.1, -0.05) is 67.4 Å². The van der Waals surface area contributed by atoms with Gasteiger partial charge in [0.1, 0.15) is 12.4 Å². The zero-order valence-corrected chi connectivity index (χ0v) is 20.7. The van der Waals surface area contributed by atoms with Gasteiger partial charge in [0.2, 0.25) is 11.8 Å². The summed E-state index contributed by atoms with van der Waals surface area (Å²) in [4.78, 5) is 27.2. The summed E-state index contributed by atoms with van der Waals surface area (Å²) >= 11 is 12.3. The van der Waals surface area contributed by atoms with E-state index in [-0.39, 0.29) is 30.3 Å². The molecule has 8 heteroatoms. The Morgan fingerprint density at radius 1 is 1.00 bits per heavy atom. The zero-order valence-electron chi connectivity index (χ0n) is 19.2. The van der Waals surface area contributed by atoms with Crippen molar-refractivity contribution in [3.63, 3.8) is 0 Å². The molecule has 174 valence electrons. The number of rotatable bonds is 8. The van der Waals surface area contributed by atoms with Crippen molar-refractivity contribution in [3.05, 3.63) is 64.6 Å². The first-order valence-electron chi connectivity index (χ1n) is 10.9. The summed E-state index contributed by atoms with van der Waals surface area (Å²) in [7, 11) is 0. The number of hydrogen-bond donors (Lipinski definition) is 1. The fourth-order valence-electron chi connectivity index (χ4n) is 3.40. The summed E-state index contributed by atoms with van der Waals surface area (Å²) in [5.74, 6) is 0.336. The molecule has 0 radical (unpaired) electrons. The van der Waals surface area contributed by atoms with Crippen LogP contribution in [-0.2, 0) is 9.59 Å². The van der Waals surface area contributed by atoms with Crippen LogP contribution in [0.15, 0.2) is 54.6 Å². The Bertz CT molecular complexity index is 1130. The van der Waals surface area contributed by atoms with E-state index in [4.69, 9.17) is 23.2 Å². The smallest absolute Gasteiger partial charge is 0.245 e. The van der Waals surface area contributed by atoms with Crippen LogP contribution in [0.2, 0.25) is 10.0 Å². The number of carbonyl (C=O) groups excluding carboxylic acids is 2. The molecule has 0 bridgehead atoms. The number of carbonyl (C=O) groups is 2. The Morgan fingerprint density at radius 2 is 1.70 bits per heavy atom. The molecular formula is C25H28Cl2N4O2. The Balaban J connectivity index is 1.92. The maximum absolute atomic E-state index is 13.0. The number of nitrogens with one attached hydrogen (secondary N) is 1. The van der Waals surface area contributed by atoms with Crippen LogP contribution in [-0.4, -0.2) is 39.1 Å². The van der Waals surface area contributed by atoms with Gasteiger partial charge < -0.3 is 10.2 Å². The zero-order chi connectivity index (χ0) is 24.1. The van der Waals surface area contributed by atoms with Crippen LogP contribution >= 0.6 is 23.2 Å². The number of benzene rings is 2. The van der Waals surface area contributed by atoms with Gasteiger partial charge in [-0.05, 0) is 38.0 Å². The predicted octanol–water partition coefficient (Wildman–Crippen LogP) is 6.07. The van der Waals surface area contributed by atoms with Gasteiger partial charge >= 0.3 is 0 Å². The molecule has 2 amide bonds. The minimum Gasteiger partial charge on any atom is -0.331 e. The van der Waals surface area contributed by atoms with E-state index in [2.05, 4.69) is 10.4 Å². The lowest BCUT2D eigenvalue weighted by molar-refractivity contribution is -0.137. The van der Waals surface area contributed by atoms with Crippen molar-refractivity contribution in [2.24, 2.45) is 5.92 Å². The summed E-state index contributed by atoms with van der Waals surface area (Å²) in [6, 6.07) is 16.5. The number of nitrogens with zero attached hydrogens (tertiary/aromatic N) is 3. The fraction of sp³-hybridized carbons (Fsp3) is 0.320. The molecule has 3 aromatic rings. The van der Waals surface area contributed by atoms with Gasteiger partial charge in [0, 0.05) is 24.1 Å². The second-order valence-electron chi connectivity index (χ2n) is 8.55. The van der Waals surface area contributed by atoms with Crippen molar-refractivity contribution in [1.29, 1.82) is 0 Å². The molecule has 1 heterocycles.